The second-order valence-electron chi connectivity index (χ2n) is 8.26. The number of halogens is 1. The van der Waals surface area contributed by atoms with Crippen molar-refractivity contribution in [3.05, 3.63) is 35.0 Å². The molecule has 0 bridgehead atoms. The first-order valence-corrected chi connectivity index (χ1v) is 10.4. The van der Waals surface area contributed by atoms with Crippen LogP contribution in [0.4, 0.5) is 5.82 Å². The average molecular weight is 397 g/mol. The van der Waals surface area contributed by atoms with Crippen molar-refractivity contribution in [2.24, 2.45) is 11.1 Å². The minimum atomic E-state index is 0.347. The van der Waals surface area contributed by atoms with Gasteiger partial charge in [0, 0.05) is 29.7 Å². The summed E-state index contributed by atoms with van der Waals surface area (Å²) in [4.78, 5) is 11.8. The van der Waals surface area contributed by atoms with Gasteiger partial charge < -0.3 is 10.6 Å². The van der Waals surface area contributed by atoms with Crippen LogP contribution in [0.5, 0.6) is 0 Å². The fraction of sp³-hybridized carbons (Fsp3) is 0.476. The van der Waals surface area contributed by atoms with E-state index in [1.807, 2.05) is 31.3 Å². The van der Waals surface area contributed by atoms with E-state index in [1.54, 1.807) is 0 Å². The van der Waals surface area contributed by atoms with Crippen molar-refractivity contribution in [3.8, 4) is 11.3 Å². The Bertz CT molecular complexity index is 1020. The molecule has 7 heteroatoms. The van der Waals surface area contributed by atoms with Gasteiger partial charge in [0.2, 0.25) is 0 Å². The number of nitrogens with one attached hydrogen (secondary N) is 1. The summed E-state index contributed by atoms with van der Waals surface area (Å²) in [5, 5.41) is 8.26. The predicted octanol–water partition coefficient (Wildman–Crippen LogP) is 4.08. The summed E-state index contributed by atoms with van der Waals surface area (Å²) in [5.41, 5.74) is 11.0. The second-order valence-corrected chi connectivity index (χ2v) is 8.67. The second kappa shape index (κ2) is 6.71. The van der Waals surface area contributed by atoms with Crippen LogP contribution in [0, 0.1) is 12.3 Å². The molecule has 1 aliphatic heterocycles. The Morgan fingerprint density at radius 3 is 2.82 bits per heavy atom. The highest BCUT2D eigenvalue weighted by molar-refractivity contribution is 6.31. The summed E-state index contributed by atoms with van der Waals surface area (Å²) in [6, 6.07) is 6.20. The lowest BCUT2D eigenvalue weighted by Gasteiger charge is -2.42. The number of H-pyrrole nitrogens is 1. The molecule has 1 aliphatic carbocycles. The van der Waals surface area contributed by atoms with Crippen LogP contribution in [0.3, 0.4) is 0 Å². The van der Waals surface area contributed by atoms with Gasteiger partial charge in [-0.25, -0.2) is 9.97 Å². The van der Waals surface area contributed by atoms with Crippen molar-refractivity contribution in [3.63, 3.8) is 0 Å². The third-order valence-corrected chi connectivity index (χ3v) is 7.25. The number of anilines is 1. The molecule has 6 nitrogen and oxygen atoms in total. The largest absolute Gasteiger partial charge is 0.355 e. The van der Waals surface area contributed by atoms with Gasteiger partial charge in [-0.3, -0.25) is 5.10 Å². The summed E-state index contributed by atoms with van der Waals surface area (Å²) in [7, 11) is 0. The van der Waals surface area contributed by atoms with Gasteiger partial charge in [-0.1, -0.05) is 30.2 Å². The molecule has 1 atom stereocenters. The lowest BCUT2D eigenvalue weighted by atomic mass is 9.74. The maximum absolute atomic E-state index is 6.41. The fourth-order valence-electron chi connectivity index (χ4n) is 4.96. The zero-order valence-electron chi connectivity index (χ0n) is 16.1. The molecule has 28 heavy (non-hydrogen) atoms. The summed E-state index contributed by atoms with van der Waals surface area (Å²) >= 11 is 6.28. The van der Waals surface area contributed by atoms with Crippen LogP contribution in [0.15, 0.2) is 24.4 Å². The van der Waals surface area contributed by atoms with Gasteiger partial charge >= 0.3 is 0 Å². The summed E-state index contributed by atoms with van der Waals surface area (Å²) in [5.74, 6) is 0.909. The molecule has 1 spiro atoms. The number of nitrogens with zero attached hydrogens (tertiary/aromatic N) is 4. The van der Waals surface area contributed by atoms with E-state index in [0.29, 0.717) is 17.1 Å². The highest BCUT2D eigenvalue weighted by Gasteiger charge is 2.43. The maximum Gasteiger partial charge on any atom is 0.177 e. The molecule has 5 rings (SSSR count). The Kier molecular flexibility index (Phi) is 4.29. The molecule has 2 aliphatic rings. The highest BCUT2D eigenvalue weighted by atomic mass is 35.5. The number of piperidine rings is 1. The monoisotopic (exact) mass is 396 g/mol. The van der Waals surface area contributed by atoms with E-state index in [9.17, 15) is 0 Å². The van der Waals surface area contributed by atoms with Crippen LogP contribution in [-0.2, 0) is 0 Å². The van der Waals surface area contributed by atoms with Crippen LogP contribution in [0.1, 0.15) is 37.7 Å². The van der Waals surface area contributed by atoms with Crippen molar-refractivity contribution in [1.82, 2.24) is 20.2 Å². The van der Waals surface area contributed by atoms with Crippen molar-refractivity contribution in [2.45, 2.75) is 45.1 Å². The Morgan fingerprint density at radius 2 is 2.07 bits per heavy atom. The highest BCUT2D eigenvalue weighted by Crippen LogP contribution is 2.45. The van der Waals surface area contributed by atoms with Gasteiger partial charge in [0.1, 0.15) is 17.0 Å². The van der Waals surface area contributed by atoms with Crippen molar-refractivity contribution in [2.75, 3.05) is 18.0 Å². The predicted molar refractivity (Wildman–Crippen MR) is 113 cm³/mol. The van der Waals surface area contributed by atoms with E-state index in [-0.39, 0.29) is 0 Å². The van der Waals surface area contributed by atoms with Gasteiger partial charge in [-0.05, 0) is 49.7 Å². The first kappa shape index (κ1) is 17.9. The zero-order valence-corrected chi connectivity index (χ0v) is 16.8. The lowest BCUT2D eigenvalue weighted by molar-refractivity contribution is 0.197. The zero-order chi connectivity index (χ0) is 19.3. The third-order valence-electron chi connectivity index (χ3n) is 6.84. The topological polar surface area (TPSA) is 83.7 Å². The van der Waals surface area contributed by atoms with Crippen LogP contribution in [-0.4, -0.2) is 39.3 Å². The molecule has 0 radical (unpaired) electrons. The maximum atomic E-state index is 6.41. The minimum absolute atomic E-state index is 0.347. The van der Waals surface area contributed by atoms with Crippen LogP contribution < -0.4 is 10.6 Å². The number of hydrogen-bond acceptors (Lipinski definition) is 5. The number of nitrogens with two attached hydrogens (primary N) is 1. The SMILES string of the molecule is Cc1c(Cl)cccc1-c1n[nH]c2nc(N3CCC4(CCC[C@H]4N)CC3)cnc12. The number of aromatic nitrogens is 4. The van der Waals surface area contributed by atoms with Crippen LogP contribution >= 0.6 is 11.6 Å². The number of fused-ring (bicyclic) bond motifs is 1. The van der Waals surface area contributed by atoms with Gasteiger partial charge in [0.25, 0.3) is 0 Å². The van der Waals surface area contributed by atoms with Crippen LogP contribution in [0.2, 0.25) is 5.02 Å². The summed E-state index contributed by atoms with van der Waals surface area (Å²) in [6.07, 6.45) is 7.87. The average Bonchev–Trinajstić information content (AvgIpc) is 3.28. The minimum Gasteiger partial charge on any atom is -0.355 e. The number of benzene rings is 1. The Balaban J connectivity index is 1.42. The summed E-state index contributed by atoms with van der Waals surface area (Å²) < 4.78 is 0. The first-order chi connectivity index (χ1) is 13.6. The Morgan fingerprint density at radius 1 is 1.25 bits per heavy atom. The molecule has 1 saturated heterocycles. The molecule has 1 saturated carbocycles. The van der Waals surface area contributed by atoms with Gasteiger partial charge in [0.05, 0.1) is 6.20 Å². The smallest absolute Gasteiger partial charge is 0.177 e. The third kappa shape index (κ3) is 2.78. The molecule has 1 aromatic carbocycles. The molecule has 3 aromatic rings. The van der Waals surface area contributed by atoms with E-state index >= 15 is 0 Å². The van der Waals surface area contributed by atoms with Crippen molar-refractivity contribution >= 4 is 28.6 Å². The molecular formula is C21H25ClN6. The van der Waals surface area contributed by atoms with E-state index in [2.05, 4.69) is 15.1 Å². The molecule has 2 aromatic heterocycles. The van der Waals surface area contributed by atoms with E-state index in [1.165, 1.54) is 19.3 Å². The molecule has 3 N–H and O–H groups in total. The van der Waals surface area contributed by atoms with E-state index < -0.39 is 0 Å². The summed E-state index contributed by atoms with van der Waals surface area (Å²) in [6.45, 7) is 3.97. The molecule has 146 valence electrons. The number of rotatable bonds is 2. The lowest BCUT2D eigenvalue weighted by Crippen LogP contribution is -2.47. The fourth-order valence-corrected chi connectivity index (χ4v) is 5.14. The van der Waals surface area contributed by atoms with Crippen molar-refractivity contribution in [1.29, 1.82) is 0 Å². The van der Waals surface area contributed by atoms with Crippen LogP contribution in [0.25, 0.3) is 22.4 Å². The van der Waals surface area contributed by atoms with E-state index in [0.717, 1.165) is 59.1 Å². The molecule has 3 heterocycles. The Hall–Kier alpha value is -2.18. The van der Waals surface area contributed by atoms with Crippen molar-refractivity contribution < 1.29 is 0 Å². The first-order valence-electron chi connectivity index (χ1n) is 10.0. The van der Waals surface area contributed by atoms with Gasteiger partial charge in [-0.15, -0.1) is 0 Å². The normalized spacial score (nSPS) is 21.7. The van der Waals surface area contributed by atoms with Gasteiger partial charge in [-0.2, -0.15) is 5.10 Å². The van der Waals surface area contributed by atoms with E-state index in [4.69, 9.17) is 27.3 Å². The quantitative estimate of drug-likeness (QED) is 0.681. The number of hydrogen-bond donors (Lipinski definition) is 2. The Labute approximate surface area is 169 Å². The molecular weight excluding hydrogens is 372 g/mol. The standard InChI is InChI=1S/C21H25ClN6/c1-13-14(4-2-5-15(13)22)18-19-20(27-26-18)25-17(12-24-19)28-10-8-21(9-11-28)7-3-6-16(21)23/h2,4-5,12,16H,3,6-11,23H2,1H3,(H,25,26,27)/t16-/m1/s1. The number of aromatic amines is 1. The molecule has 2 fully saturated rings. The molecule has 0 amide bonds. The van der Waals surface area contributed by atoms with Gasteiger partial charge in [0.15, 0.2) is 5.65 Å². The molecule has 0 unspecified atom stereocenters.